The molecule has 1 saturated carbocycles. The van der Waals surface area contributed by atoms with E-state index in [4.69, 9.17) is 10.5 Å². The number of amides is 1. The third-order valence-corrected chi connectivity index (χ3v) is 4.12. The summed E-state index contributed by atoms with van der Waals surface area (Å²) >= 11 is 0. The Kier molecular flexibility index (Phi) is 4.80. The van der Waals surface area contributed by atoms with E-state index >= 15 is 0 Å². The van der Waals surface area contributed by atoms with Gasteiger partial charge in [0.2, 0.25) is 5.91 Å². The van der Waals surface area contributed by atoms with Crippen LogP contribution in [-0.2, 0) is 9.53 Å². The van der Waals surface area contributed by atoms with E-state index in [2.05, 4.69) is 5.32 Å². The first-order valence-electron chi connectivity index (χ1n) is 6.86. The Morgan fingerprint density at radius 1 is 1.24 bits per heavy atom. The smallest absolute Gasteiger partial charge is 0.220 e. The SMILES string of the molecule is NCC1CCCC1NC(=O)CC1CCOCC1. The van der Waals surface area contributed by atoms with E-state index in [1.165, 1.54) is 12.8 Å². The maximum Gasteiger partial charge on any atom is 0.220 e. The van der Waals surface area contributed by atoms with Gasteiger partial charge in [-0.2, -0.15) is 0 Å². The van der Waals surface area contributed by atoms with E-state index in [0.717, 1.165) is 32.5 Å². The highest BCUT2D eigenvalue weighted by Crippen LogP contribution is 2.25. The standard InChI is InChI=1S/C13H24N2O2/c14-9-11-2-1-3-12(11)15-13(16)8-10-4-6-17-7-5-10/h10-12H,1-9,14H2,(H,15,16). The molecule has 1 aliphatic carbocycles. The van der Waals surface area contributed by atoms with Crippen LogP contribution < -0.4 is 11.1 Å². The first kappa shape index (κ1) is 12.8. The zero-order valence-corrected chi connectivity index (χ0v) is 10.5. The maximum absolute atomic E-state index is 11.9. The number of nitrogens with one attached hydrogen (secondary N) is 1. The molecule has 0 bridgehead atoms. The van der Waals surface area contributed by atoms with Crippen molar-refractivity contribution in [1.82, 2.24) is 5.32 Å². The highest BCUT2D eigenvalue weighted by Gasteiger charge is 2.28. The molecule has 1 heterocycles. The fraction of sp³-hybridized carbons (Fsp3) is 0.923. The maximum atomic E-state index is 11.9. The summed E-state index contributed by atoms with van der Waals surface area (Å²) < 4.78 is 5.30. The molecule has 1 saturated heterocycles. The van der Waals surface area contributed by atoms with E-state index in [1.807, 2.05) is 0 Å². The van der Waals surface area contributed by atoms with Crippen molar-refractivity contribution in [1.29, 1.82) is 0 Å². The topological polar surface area (TPSA) is 64.3 Å². The molecule has 0 aromatic rings. The van der Waals surface area contributed by atoms with Crippen LogP contribution in [0.1, 0.15) is 38.5 Å². The third kappa shape index (κ3) is 3.68. The molecule has 0 spiro atoms. The molecule has 17 heavy (non-hydrogen) atoms. The Hall–Kier alpha value is -0.610. The number of ether oxygens (including phenoxy) is 1. The molecule has 0 aromatic heterocycles. The molecule has 98 valence electrons. The summed E-state index contributed by atoms with van der Waals surface area (Å²) in [7, 11) is 0. The minimum atomic E-state index is 0.210. The average molecular weight is 240 g/mol. The molecule has 2 rings (SSSR count). The van der Waals surface area contributed by atoms with Crippen LogP contribution in [0.2, 0.25) is 0 Å². The van der Waals surface area contributed by atoms with Gasteiger partial charge in [-0.05, 0) is 44.1 Å². The van der Waals surface area contributed by atoms with Gasteiger partial charge in [0.1, 0.15) is 0 Å². The monoisotopic (exact) mass is 240 g/mol. The van der Waals surface area contributed by atoms with Gasteiger partial charge in [-0.3, -0.25) is 4.79 Å². The van der Waals surface area contributed by atoms with Gasteiger partial charge in [0.25, 0.3) is 0 Å². The minimum Gasteiger partial charge on any atom is -0.381 e. The summed E-state index contributed by atoms with van der Waals surface area (Å²) in [5.74, 6) is 1.22. The van der Waals surface area contributed by atoms with Crippen molar-refractivity contribution in [3.63, 3.8) is 0 Å². The van der Waals surface area contributed by atoms with Crippen molar-refractivity contribution < 1.29 is 9.53 Å². The Morgan fingerprint density at radius 2 is 2.00 bits per heavy atom. The van der Waals surface area contributed by atoms with Crippen molar-refractivity contribution in [2.75, 3.05) is 19.8 Å². The lowest BCUT2D eigenvalue weighted by Gasteiger charge is -2.24. The van der Waals surface area contributed by atoms with Crippen LogP contribution in [0.15, 0.2) is 0 Å². The van der Waals surface area contributed by atoms with Crippen LogP contribution >= 0.6 is 0 Å². The number of carbonyl (C=O) groups is 1. The van der Waals surface area contributed by atoms with Crippen molar-refractivity contribution in [2.24, 2.45) is 17.6 Å². The summed E-state index contributed by atoms with van der Waals surface area (Å²) in [5, 5.41) is 3.17. The van der Waals surface area contributed by atoms with Gasteiger partial charge in [-0.15, -0.1) is 0 Å². The van der Waals surface area contributed by atoms with Gasteiger partial charge >= 0.3 is 0 Å². The first-order valence-corrected chi connectivity index (χ1v) is 6.86. The summed E-state index contributed by atoms with van der Waals surface area (Å²) in [5.41, 5.74) is 5.72. The average Bonchev–Trinajstić information content (AvgIpc) is 2.77. The van der Waals surface area contributed by atoms with Crippen LogP contribution in [-0.4, -0.2) is 31.7 Å². The molecule has 1 aliphatic heterocycles. The summed E-state index contributed by atoms with van der Waals surface area (Å²) in [6.45, 7) is 2.32. The minimum absolute atomic E-state index is 0.210. The fourth-order valence-electron chi connectivity index (χ4n) is 2.99. The van der Waals surface area contributed by atoms with Crippen molar-refractivity contribution in [2.45, 2.75) is 44.6 Å². The van der Waals surface area contributed by atoms with Crippen LogP contribution in [0.3, 0.4) is 0 Å². The second-order valence-electron chi connectivity index (χ2n) is 5.36. The highest BCUT2D eigenvalue weighted by atomic mass is 16.5. The van der Waals surface area contributed by atoms with E-state index in [1.54, 1.807) is 0 Å². The highest BCUT2D eigenvalue weighted by molar-refractivity contribution is 5.76. The van der Waals surface area contributed by atoms with E-state index in [9.17, 15) is 4.79 Å². The van der Waals surface area contributed by atoms with Gasteiger partial charge in [0.05, 0.1) is 0 Å². The Balaban J connectivity index is 1.72. The summed E-state index contributed by atoms with van der Waals surface area (Å²) in [6.07, 6.45) is 6.18. The van der Waals surface area contributed by atoms with E-state index < -0.39 is 0 Å². The number of carbonyl (C=O) groups excluding carboxylic acids is 1. The Bertz CT molecular complexity index is 252. The van der Waals surface area contributed by atoms with Gasteiger partial charge in [-0.1, -0.05) is 6.42 Å². The van der Waals surface area contributed by atoms with E-state index in [0.29, 0.717) is 30.8 Å². The quantitative estimate of drug-likeness (QED) is 0.772. The predicted octanol–water partition coefficient (Wildman–Crippen LogP) is 1.05. The van der Waals surface area contributed by atoms with Gasteiger partial charge in [0, 0.05) is 25.7 Å². The van der Waals surface area contributed by atoms with Gasteiger partial charge in [0.15, 0.2) is 0 Å². The second-order valence-corrected chi connectivity index (χ2v) is 5.36. The normalized spacial score (nSPS) is 30.4. The molecular formula is C13H24N2O2. The molecule has 1 amide bonds. The largest absolute Gasteiger partial charge is 0.381 e. The number of hydrogen-bond acceptors (Lipinski definition) is 3. The third-order valence-electron chi connectivity index (χ3n) is 4.12. The van der Waals surface area contributed by atoms with Crippen molar-refractivity contribution >= 4 is 5.91 Å². The molecule has 0 radical (unpaired) electrons. The molecule has 2 aliphatic rings. The zero-order valence-electron chi connectivity index (χ0n) is 10.5. The molecule has 3 N–H and O–H groups in total. The number of rotatable bonds is 4. The lowest BCUT2D eigenvalue weighted by molar-refractivity contribution is -0.123. The van der Waals surface area contributed by atoms with Gasteiger partial charge in [-0.25, -0.2) is 0 Å². The van der Waals surface area contributed by atoms with E-state index in [-0.39, 0.29) is 5.91 Å². The van der Waals surface area contributed by atoms with Crippen LogP contribution in [0.5, 0.6) is 0 Å². The molecule has 4 nitrogen and oxygen atoms in total. The van der Waals surface area contributed by atoms with Crippen molar-refractivity contribution in [3.8, 4) is 0 Å². The number of hydrogen-bond donors (Lipinski definition) is 2. The van der Waals surface area contributed by atoms with Crippen LogP contribution in [0, 0.1) is 11.8 Å². The second kappa shape index (κ2) is 6.36. The molecule has 2 unspecified atom stereocenters. The fourth-order valence-corrected chi connectivity index (χ4v) is 2.99. The van der Waals surface area contributed by atoms with Gasteiger partial charge < -0.3 is 15.8 Å². The predicted molar refractivity (Wildman–Crippen MR) is 66.5 cm³/mol. The Morgan fingerprint density at radius 3 is 2.71 bits per heavy atom. The van der Waals surface area contributed by atoms with Crippen molar-refractivity contribution in [3.05, 3.63) is 0 Å². The molecule has 2 fully saturated rings. The lowest BCUT2D eigenvalue weighted by Crippen LogP contribution is -2.40. The van der Waals surface area contributed by atoms with Crippen LogP contribution in [0.25, 0.3) is 0 Å². The molecule has 0 aromatic carbocycles. The summed E-state index contributed by atoms with van der Waals surface area (Å²) in [6, 6.07) is 0.326. The molecular weight excluding hydrogens is 216 g/mol. The molecule has 4 heteroatoms. The molecule has 2 atom stereocenters. The summed E-state index contributed by atoms with van der Waals surface area (Å²) in [4.78, 5) is 11.9. The lowest BCUT2D eigenvalue weighted by atomic mass is 9.95. The first-order chi connectivity index (χ1) is 8.29. The zero-order chi connectivity index (χ0) is 12.1. The van der Waals surface area contributed by atoms with Crippen LogP contribution in [0.4, 0.5) is 0 Å². The Labute approximate surface area is 103 Å². The number of nitrogens with two attached hydrogens (primary N) is 1.